The van der Waals surface area contributed by atoms with Crippen molar-refractivity contribution in [2.75, 3.05) is 25.2 Å². The van der Waals surface area contributed by atoms with Gasteiger partial charge >= 0.3 is 0 Å². The lowest BCUT2D eigenvalue weighted by Crippen LogP contribution is -2.46. The number of hydrogen-bond donors (Lipinski definition) is 2. The Hall–Kier alpha value is 0.270. The average molecular weight is 203 g/mol. The zero-order chi connectivity index (χ0) is 9.57. The third kappa shape index (κ3) is 3.49. The van der Waals surface area contributed by atoms with E-state index in [2.05, 4.69) is 11.6 Å². The lowest BCUT2D eigenvalue weighted by molar-refractivity contribution is 0.165. The lowest BCUT2D eigenvalue weighted by atomic mass is 9.99. The minimum atomic E-state index is 0.0818. The Morgan fingerprint density at radius 1 is 1.38 bits per heavy atom. The fourth-order valence-corrected chi connectivity index (χ4v) is 2.45. The third-order valence-electron chi connectivity index (χ3n) is 2.89. The molecule has 2 N–H and O–H groups in total. The summed E-state index contributed by atoms with van der Waals surface area (Å²) in [5, 5.41) is 12.8. The molecule has 0 aromatic rings. The van der Waals surface area contributed by atoms with E-state index in [4.69, 9.17) is 0 Å². The monoisotopic (exact) mass is 203 g/mol. The van der Waals surface area contributed by atoms with Crippen molar-refractivity contribution in [3.63, 3.8) is 0 Å². The molecule has 0 radical (unpaired) electrons. The van der Waals surface area contributed by atoms with E-state index in [0.29, 0.717) is 6.61 Å². The molecule has 1 aliphatic rings. The van der Waals surface area contributed by atoms with Crippen LogP contribution in [0.25, 0.3) is 0 Å². The van der Waals surface area contributed by atoms with Crippen molar-refractivity contribution in [3.8, 4) is 0 Å². The molecule has 0 aliphatic heterocycles. The standard InChI is InChI=1S/C10H21NOS/c1-13-8-4-7-11-10(9-12)5-2-3-6-10/h11-12H,2-9H2,1H3. The van der Waals surface area contributed by atoms with Gasteiger partial charge in [0.05, 0.1) is 6.61 Å². The summed E-state index contributed by atoms with van der Waals surface area (Å²) in [5.41, 5.74) is 0.0818. The predicted octanol–water partition coefficient (Wildman–Crippen LogP) is 1.63. The van der Waals surface area contributed by atoms with Gasteiger partial charge in [-0.05, 0) is 37.8 Å². The van der Waals surface area contributed by atoms with Crippen molar-refractivity contribution in [1.29, 1.82) is 0 Å². The van der Waals surface area contributed by atoms with Crippen LogP contribution in [0.5, 0.6) is 0 Å². The topological polar surface area (TPSA) is 32.3 Å². The molecule has 0 atom stereocenters. The molecule has 0 aromatic heterocycles. The molecule has 0 bridgehead atoms. The van der Waals surface area contributed by atoms with Crippen LogP contribution in [0.15, 0.2) is 0 Å². The molecular weight excluding hydrogens is 182 g/mol. The normalized spacial score (nSPS) is 20.8. The van der Waals surface area contributed by atoms with Crippen LogP contribution in [0.3, 0.4) is 0 Å². The van der Waals surface area contributed by atoms with Gasteiger partial charge < -0.3 is 10.4 Å². The summed E-state index contributed by atoms with van der Waals surface area (Å²) in [6, 6.07) is 0. The molecule has 3 heteroatoms. The van der Waals surface area contributed by atoms with Gasteiger partial charge in [0.1, 0.15) is 0 Å². The maximum atomic E-state index is 9.31. The van der Waals surface area contributed by atoms with Crippen LogP contribution in [0.2, 0.25) is 0 Å². The van der Waals surface area contributed by atoms with Gasteiger partial charge in [-0.25, -0.2) is 0 Å². The largest absolute Gasteiger partial charge is 0.394 e. The molecule has 1 rings (SSSR count). The van der Waals surface area contributed by atoms with Gasteiger partial charge in [0.2, 0.25) is 0 Å². The number of aliphatic hydroxyl groups is 1. The molecule has 2 nitrogen and oxygen atoms in total. The molecule has 0 heterocycles. The first kappa shape index (κ1) is 11.3. The summed E-state index contributed by atoms with van der Waals surface area (Å²) in [6.07, 6.45) is 8.21. The lowest BCUT2D eigenvalue weighted by Gasteiger charge is -2.28. The molecule has 0 spiro atoms. The van der Waals surface area contributed by atoms with Crippen molar-refractivity contribution < 1.29 is 5.11 Å². The number of nitrogens with one attached hydrogen (secondary N) is 1. The van der Waals surface area contributed by atoms with E-state index in [1.165, 1.54) is 25.0 Å². The number of hydrogen-bond acceptors (Lipinski definition) is 3. The SMILES string of the molecule is CSCCCNC1(CO)CCCC1. The summed E-state index contributed by atoms with van der Waals surface area (Å²) >= 11 is 1.89. The van der Waals surface area contributed by atoms with Crippen LogP contribution < -0.4 is 5.32 Å². The van der Waals surface area contributed by atoms with E-state index in [-0.39, 0.29) is 5.54 Å². The number of rotatable bonds is 6. The Morgan fingerprint density at radius 2 is 2.08 bits per heavy atom. The predicted molar refractivity (Wildman–Crippen MR) is 59.3 cm³/mol. The van der Waals surface area contributed by atoms with Crippen molar-refractivity contribution >= 4 is 11.8 Å². The molecule has 1 fully saturated rings. The maximum Gasteiger partial charge on any atom is 0.0613 e. The van der Waals surface area contributed by atoms with Gasteiger partial charge in [-0.1, -0.05) is 12.8 Å². The van der Waals surface area contributed by atoms with Crippen molar-refractivity contribution in [3.05, 3.63) is 0 Å². The van der Waals surface area contributed by atoms with Gasteiger partial charge in [-0.3, -0.25) is 0 Å². The van der Waals surface area contributed by atoms with E-state index in [1.807, 2.05) is 11.8 Å². The maximum absolute atomic E-state index is 9.31. The fraction of sp³-hybridized carbons (Fsp3) is 1.00. The second kappa shape index (κ2) is 5.89. The van der Waals surface area contributed by atoms with Crippen LogP contribution in [-0.2, 0) is 0 Å². The third-order valence-corrected chi connectivity index (χ3v) is 3.59. The highest BCUT2D eigenvalue weighted by atomic mass is 32.2. The Morgan fingerprint density at radius 3 is 2.62 bits per heavy atom. The van der Waals surface area contributed by atoms with Crippen molar-refractivity contribution in [2.45, 2.75) is 37.6 Å². The Kier molecular flexibility index (Phi) is 5.14. The van der Waals surface area contributed by atoms with Crippen LogP contribution in [0.1, 0.15) is 32.1 Å². The van der Waals surface area contributed by atoms with E-state index in [0.717, 1.165) is 19.4 Å². The summed E-state index contributed by atoms with van der Waals surface area (Å²) in [4.78, 5) is 0. The van der Waals surface area contributed by atoms with Gasteiger partial charge in [-0.15, -0.1) is 0 Å². The molecule has 0 unspecified atom stereocenters. The molecule has 13 heavy (non-hydrogen) atoms. The molecule has 0 saturated heterocycles. The van der Waals surface area contributed by atoms with Gasteiger partial charge in [-0.2, -0.15) is 11.8 Å². The molecule has 0 amide bonds. The van der Waals surface area contributed by atoms with Crippen LogP contribution >= 0.6 is 11.8 Å². The van der Waals surface area contributed by atoms with Crippen molar-refractivity contribution in [2.24, 2.45) is 0 Å². The highest BCUT2D eigenvalue weighted by Gasteiger charge is 2.31. The second-order valence-corrected chi connectivity index (χ2v) is 4.90. The van der Waals surface area contributed by atoms with Crippen LogP contribution in [0, 0.1) is 0 Å². The Balaban J connectivity index is 2.16. The van der Waals surface area contributed by atoms with E-state index < -0.39 is 0 Å². The number of aliphatic hydroxyl groups excluding tert-OH is 1. The summed E-state index contributed by atoms with van der Waals surface area (Å²) in [5.74, 6) is 1.22. The number of thioether (sulfide) groups is 1. The van der Waals surface area contributed by atoms with E-state index in [9.17, 15) is 5.11 Å². The zero-order valence-corrected chi connectivity index (χ0v) is 9.33. The quantitative estimate of drug-likeness (QED) is 0.644. The first-order chi connectivity index (χ1) is 6.33. The Labute approximate surface area is 85.5 Å². The van der Waals surface area contributed by atoms with E-state index in [1.54, 1.807) is 0 Å². The zero-order valence-electron chi connectivity index (χ0n) is 8.51. The smallest absolute Gasteiger partial charge is 0.0613 e. The van der Waals surface area contributed by atoms with Crippen LogP contribution in [0.4, 0.5) is 0 Å². The molecule has 1 aliphatic carbocycles. The first-order valence-electron chi connectivity index (χ1n) is 5.18. The second-order valence-electron chi connectivity index (χ2n) is 3.92. The van der Waals surface area contributed by atoms with E-state index >= 15 is 0 Å². The first-order valence-corrected chi connectivity index (χ1v) is 6.57. The molecule has 78 valence electrons. The van der Waals surface area contributed by atoms with Gasteiger partial charge in [0.15, 0.2) is 0 Å². The van der Waals surface area contributed by atoms with Crippen molar-refractivity contribution in [1.82, 2.24) is 5.32 Å². The average Bonchev–Trinajstić information content (AvgIpc) is 2.62. The highest BCUT2D eigenvalue weighted by molar-refractivity contribution is 7.98. The fourth-order valence-electron chi connectivity index (χ4n) is 2.01. The molecule has 1 saturated carbocycles. The minimum absolute atomic E-state index is 0.0818. The van der Waals surface area contributed by atoms with Crippen LogP contribution in [-0.4, -0.2) is 35.8 Å². The minimum Gasteiger partial charge on any atom is -0.394 e. The Bertz CT molecular complexity index is 135. The van der Waals surface area contributed by atoms with Gasteiger partial charge in [0, 0.05) is 5.54 Å². The summed E-state index contributed by atoms with van der Waals surface area (Å²) in [7, 11) is 0. The molecular formula is C10H21NOS. The summed E-state index contributed by atoms with van der Waals surface area (Å²) < 4.78 is 0. The highest BCUT2D eigenvalue weighted by Crippen LogP contribution is 2.28. The summed E-state index contributed by atoms with van der Waals surface area (Å²) in [6.45, 7) is 1.37. The molecule has 0 aromatic carbocycles. The van der Waals surface area contributed by atoms with Gasteiger partial charge in [0.25, 0.3) is 0 Å².